The Morgan fingerprint density at radius 3 is 2.76 bits per heavy atom. The molecule has 6 heteroatoms. The quantitative estimate of drug-likeness (QED) is 0.785. The minimum absolute atomic E-state index is 0.0106. The molecule has 0 saturated carbocycles. The van der Waals surface area contributed by atoms with Gasteiger partial charge in [0.2, 0.25) is 5.91 Å². The number of halogens is 1. The third kappa shape index (κ3) is 2.49. The van der Waals surface area contributed by atoms with Gasteiger partial charge >= 0.3 is 5.97 Å². The first-order valence-corrected chi connectivity index (χ1v) is 7.64. The number of rotatable bonds is 3. The van der Waals surface area contributed by atoms with Crippen molar-refractivity contribution in [2.45, 2.75) is 19.4 Å². The molecule has 1 saturated heterocycles. The fourth-order valence-corrected chi connectivity index (χ4v) is 2.98. The maximum Gasteiger partial charge on any atom is 0.337 e. The van der Waals surface area contributed by atoms with Crippen LogP contribution in [0.2, 0.25) is 0 Å². The maximum absolute atomic E-state index is 12.2. The molecule has 0 spiro atoms. The van der Waals surface area contributed by atoms with E-state index in [0.29, 0.717) is 25.1 Å². The molecule has 0 N–H and O–H groups in total. The predicted molar refractivity (Wildman–Crippen MR) is 79.8 cm³/mol. The molecule has 3 rings (SSSR count). The van der Waals surface area contributed by atoms with Crippen molar-refractivity contribution in [1.82, 2.24) is 10.0 Å². The fraction of sp³-hybridized carbons (Fsp3) is 0.333. The Morgan fingerprint density at radius 1 is 1.38 bits per heavy atom. The topological polar surface area (TPSA) is 49.9 Å². The molecule has 0 radical (unpaired) electrons. The number of fused-ring (bicyclic) bond motifs is 1. The van der Waals surface area contributed by atoms with E-state index in [1.165, 1.54) is 0 Å². The number of hydrazine groups is 1. The number of carbonyl (C=O) groups excluding carboxylic acids is 2. The summed E-state index contributed by atoms with van der Waals surface area (Å²) in [5, 5.41) is 3.46. The van der Waals surface area contributed by atoms with E-state index in [0.717, 1.165) is 10.0 Å². The highest BCUT2D eigenvalue weighted by atomic mass is 79.9. The third-order valence-corrected chi connectivity index (χ3v) is 4.17. The van der Waals surface area contributed by atoms with Gasteiger partial charge in [0.1, 0.15) is 0 Å². The molecule has 1 aromatic carbocycles. The Balaban J connectivity index is 1.98. The number of hydrogen-bond acceptors (Lipinski definition) is 4. The average molecular weight is 351 g/mol. The summed E-state index contributed by atoms with van der Waals surface area (Å²) in [6.07, 6.45) is 2.08. The summed E-state index contributed by atoms with van der Waals surface area (Å²) in [7, 11) is 0. The Kier molecular flexibility index (Phi) is 3.82. The van der Waals surface area contributed by atoms with Crippen LogP contribution < -0.4 is 0 Å². The van der Waals surface area contributed by atoms with Crippen molar-refractivity contribution < 1.29 is 14.3 Å². The van der Waals surface area contributed by atoms with Crippen LogP contribution in [0.4, 0.5) is 0 Å². The highest BCUT2D eigenvalue weighted by Gasteiger charge is 2.44. The van der Waals surface area contributed by atoms with Gasteiger partial charge in [-0.2, -0.15) is 0 Å². The molecule has 0 aromatic heterocycles. The van der Waals surface area contributed by atoms with Crippen molar-refractivity contribution in [3.63, 3.8) is 0 Å². The van der Waals surface area contributed by atoms with Crippen LogP contribution in [0, 0.1) is 0 Å². The third-order valence-electron chi connectivity index (χ3n) is 3.64. The lowest BCUT2D eigenvalue weighted by Crippen LogP contribution is -2.33. The van der Waals surface area contributed by atoms with Gasteiger partial charge in [-0.1, -0.05) is 28.1 Å². The monoisotopic (exact) mass is 350 g/mol. The van der Waals surface area contributed by atoms with Crippen molar-refractivity contribution in [3.8, 4) is 0 Å². The molecule has 1 amide bonds. The molecule has 2 aliphatic heterocycles. The van der Waals surface area contributed by atoms with Gasteiger partial charge in [-0.3, -0.25) is 4.79 Å². The second-order valence-corrected chi connectivity index (χ2v) is 5.83. The van der Waals surface area contributed by atoms with Gasteiger partial charge in [-0.05, 0) is 24.6 Å². The molecular formula is C15H15BrN2O3. The van der Waals surface area contributed by atoms with Crippen LogP contribution in [0.1, 0.15) is 24.9 Å². The first-order chi connectivity index (χ1) is 10.1. The summed E-state index contributed by atoms with van der Waals surface area (Å²) < 4.78 is 6.09. The Morgan fingerprint density at radius 2 is 2.10 bits per heavy atom. The number of esters is 1. The van der Waals surface area contributed by atoms with Gasteiger partial charge in [-0.25, -0.2) is 14.8 Å². The molecular weight excluding hydrogens is 336 g/mol. The number of nitrogens with zero attached hydrogens (tertiary/aromatic N) is 2. The minimum Gasteiger partial charge on any atom is -0.463 e. The van der Waals surface area contributed by atoms with Gasteiger partial charge in [0.15, 0.2) is 0 Å². The van der Waals surface area contributed by atoms with Gasteiger partial charge < -0.3 is 4.74 Å². The second-order valence-electron chi connectivity index (χ2n) is 4.91. The van der Waals surface area contributed by atoms with E-state index in [1.54, 1.807) is 18.1 Å². The maximum atomic E-state index is 12.2. The van der Waals surface area contributed by atoms with E-state index in [-0.39, 0.29) is 17.9 Å². The number of carbonyl (C=O) groups is 2. The minimum atomic E-state index is -0.368. The molecule has 1 atom stereocenters. The van der Waals surface area contributed by atoms with Crippen LogP contribution in [-0.2, 0) is 14.3 Å². The van der Waals surface area contributed by atoms with E-state index in [4.69, 9.17) is 4.74 Å². The highest BCUT2D eigenvalue weighted by molar-refractivity contribution is 9.10. The van der Waals surface area contributed by atoms with Crippen molar-refractivity contribution in [2.24, 2.45) is 0 Å². The summed E-state index contributed by atoms with van der Waals surface area (Å²) in [6, 6.07) is 7.50. The molecule has 5 nitrogen and oxygen atoms in total. The normalized spacial score (nSPS) is 21.4. The molecule has 1 unspecified atom stereocenters. The van der Waals surface area contributed by atoms with Crippen molar-refractivity contribution in [3.05, 3.63) is 46.1 Å². The van der Waals surface area contributed by atoms with Gasteiger partial charge in [0.05, 0.1) is 18.2 Å². The van der Waals surface area contributed by atoms with Crippen molar-refractivity contribution >= 4 is 27.8 Å². The SMILES string of the molecule is CCOC(=O)C1=CN2C(=O)CCN2C1c1ccc(Br)cc1. The molecule has 0 bridgehead atoms. The summed E-state index contributed by atoms with van der Waals surface area (Å²) in [5.74, 6) is -0.357. The first kappa shape index (κ1) is 14.3. The standard InChI is InChI=1S/C15H15BrN2O3/c1-2-21-15(20)12-9-18-13(19)7-8-17(18)14(12)10-3-5-11(16)6-4-10/h3-6,9,14H,2,7-8H2,1H3. The largest absolute Gasteiger partial charge is 0.463 e. The van der Waals surface area contributed by atoms with Crippen molar-refractivity contribution in [1.29, 1.82) is 0 Å². The Labute approximate surface area is 131 Å². The summed E-state index contributed by atoms with van der Waals surface area (Å²) in [5.41, 5.74) is 1.47. The zero-order chi connectivity index (χ0) is 15.0. The van der Waals surface area contributed by atoms with Crippen LogP contribution in [0.25, 0.3) is 0 Å². The lowest BCUT2D eigenvalue weighted by atomic mass is 9.99. The lowest BCUT2D eigenvalue weighted by Gasteiger charge is -2.26. The van der Waals surface area contributed by atoms with E-state index in [1.807, 2.05) is 29.3 Å². The Bertz CT molecular complexity index is 612. The molecule has 1 fully saturated rings. The second kappa shape index (κ2) is 5.61. The smallest absolute Gasteiger partial charge is 0.337 e. The van der Waals surface area contributed by atoms with E-state index < -0.39 is 0 Å². The number of benzene rings is 1. The summed E-state index contributed by atoms with van der Waals surface area (Å²) in [6.45, 7) is 2.70. The van der Waals surface area contributed by atoms with Crippen LogP contribution in [0.3, 0.4) is 0 Å². The highest BCUT2D eigenvalue weighted by Crippen LogP contribution is 2.39. The average Bonchev–Trinajstić information content (AvgIpc) is 3.01. The Hall–Kier alpha value is -1.66. The number of amides is 1. The van der Waals surface area contributed by atoms with Crippen LogP contribution >= 0.6 is 15.9 Å². The van der Waals surface area contributed by atoms with Gasteiger partial charge in [-0.15, -0.1) is 0 Å². The van der Waals surface area contributed by atoms with Crippen LogP contribution in [0.15, 0.2) is 40.5 Å². The molecule has 21 heavy (non-hydrogen) atoms. The van der Waals surface area contributed by atoms with Crippen LogP contribution in [-0.4, -0.2) is 35.0 Å². The zero-order valence-corrected chi connectivity index (χ0v) is 13.2. The van der Waals surface area contributed by atoms with Crippen molar-refractivity contribution in [2.75, 3.05) is 13.2 Å². The van der Waals surface area contributed by atoms with E-state index in [2.05, 4.69) is 15.9 Å². The molecule has 110 valence electrons. The number of ether oxygens (including phenoxy) is 1. The van der Waals surface area contributed by atoms with Crippen LogP contribution in [0.5, 0.6) is 0 Å². The summed E-state index contributed by atoms with van der Waals surface area (Å²) >= 11 is 3.40. The molecule has 2 heterocycles. The fourth-order valence-electron chi connectivity index (χ4n) is 2.71. The molecule has 0 aliphatic carbocycles. The zero-order valence-electron chi connectivity index (χ0n) is 11.6. The molecule has 2 aliphatic rings. The van der Waals surface area contributed by atoms with E-state index >= 15 is 0 Å². The molecule has 1 aromatic rings. The van der Waals surface area contributed by atoms with Gasteiger partial charge in [0.25, 0.3) is 0 Å². The summed E-state index contributed by atoms with van der Waals surface area (Å²) in [4.78, 5) is 24.1. The number of hydrogen-bond donors (Lipinski definition) is 0. The first-order valence-electron chi connectivity index (χ1n) is 6.84. The van der Waals surface area contributed by atoms with E-state index in [9.17, 15) is 9.59 Å². The lowest BCUT2D eigenvalue weighted by molar-refractivity contribution is -0.139. The van der Waals surface area contributed by atoms with Gasteiger partial charge in [0, 0.05) is 23.6 Å². The predicted octanol–water partition coefficient (Wildman–Crippen LogP) is 2.40.